The number of amides is 2. The number of carbonyl (C=O) groups excluding carboxylic acids is 2. The van der Waals surface area contributed by atoms with Gasteiger partial charge in [-0.15, -0.1) is 0 Å². The highest BCUT2D eigenvalue weighted by atomic mass is 32.2. The maximum atomic E-state index is 13.3. The summed E-state index contributed by atoms with van der Waals surface area (Å²) in [6, 6.07) is 6.64. The Bertz CT molecular complexity index is 1010. The van der Waals surface area contributed by atoms with Gasteiger partial charge in [-0.3, -0.25) is 0 Å². The zero-order valence-electron chi connectivity index (χ0n) is 21.8. The smallest absolute Gasteiger partial charge is 0.407 e. The molecule has 2 fully saturated rings. The Morgan fingerprint density at radius 3 is 1.86 bits per heavy atom. The van der Waals surface area contributed by atoms with Crippen LogP contribution in [0.4, 0.5) is 9.59 Å². The average Bonchev–Trinajstić information content (AvgIpc) is 3.28. The van der Waals surface area contributed by atoms with Crippen LogP contribution >= 0.6 is 0 Å². The van der Waals surface area contributed by atoms with Gasteiger partial charge in [0.25, 0.3) is 0 Å². The van der Waals surface area contributed by atoms with E-state index >= 15 is 0 Å². The standard InChI is InChI=1S/C25H39N3O6S/c1-17-8-10-20(11-9-17)35(31,32)28-14-18-12-19(28)13-25(18,15-26-21(29)33-23(2,3)4)16-27-22(30)34-24(5,6)7/h8-11,18-19H,12-16H2,1-7H3,(H,26,29)(H,27,30)/t18-,19-/m1/s1. The summed E-state index contributed by atoms with van der Waals surface area (Å²) in [5.41, 5.74) is -0.802. The van der Waals surface area contributed by atoms with Gasteiger partial charge < -0.3 is 20.1 Å². The second-order valence-corrected chi connectivity index (χ2v) is 13.6. The highest BCUT2D eigenvalue weighted by Gasteiger charge is 2.57. The molecule has 0 unspecified atom stereocenters. The van der Waals surface area contributed by atoms with Crippen molar-refractivity contribution in [3.8, 4) is 0 Å². The first-order valence-electron chi connectivity index (χ1n) is 12.0. The van der Waals surface area contributed by atoms with Gasteiger partial charge in [0.15, 0.2) is 0 Å². The number of piperidine rings is 1. The van der Waals surface area contributed by atoms with Crippen molar-refractivity contribution in [3.63, 3.8) is 0 Å². The third-order valence-corrected chi connectivity index (χ3v) is 8.40. The fourth-order valence-corrected chi connectivity index (χ4v) is 6.59. The van der Waals surface area contributed by atoms with Crippen LogP contribution in [0.2, 0.25) is 0 Å². The molecule has 1 saturated carbocycles. The van der Waals surface area contributed by atoms with E-state index in [1.807, 2.05) is 6.92 Å². The summed E-state index contributed by atoms with van der Waals surface area (Å²) in [7, 11) is -3.64. The Hall–Kier alpha value is -2.33. The minimum atomic E-state index is -3.64. The molecule has 2 bridgehead atoms. The number of hydrogen-bond acceptors (Lipinski definition) is 6. The molecule has 2 N–H and O–H groups in total. The monoisotopic (exact) mass is 509 g/mol. The van der Waals surface area contributed by atoms with E-state index in [2.05, 4.69) is 10.6 Å². The first kappa shape index (κ1) is 27.3. The van der Waals surface area contributed by atoms with Gasteiger partial charge in [-0.1, -0.05) is 17.7 Å². The molecule has 1 aliphatic carbocycles. The van der Waals surface area contributed by atoms with Crippen LogP contribution < -0.4 is 10.6 Å². The van der Waals surface area contributed by atoms with E-state index < -0.39 is 38.8 Å². The summed E-state index contributed by atoms with van der Waals surface area (Å²) in [6.45, 7) is 13.5. The van der Waals surface area contributed by atoms with Gasteiger partial charge in [0.1, 0.15) is 11.2 Å². The first-order valence-corrected chi connectivity index (χ1v) is 13.5. The molecular formula is C25H39N3O6S. The van der Waals surface area contributed by atoms with E-state index in [0.29, 0.717) is 19.4 Å². The summed E-state index contributed by atoms with van der Waals surface area (Å²) in [5, 5.41) is 5.70. The van der Waals surface area contributed by atoms with Crippen LogP contribution in [0.1, 0.15) is 59.9 Å². The lowest BCUT2D eigenvalue weighted by Crippen LogP contribution is -2.54. The molecule has 0 spiro atoms. The predicted octanol–water partition coefficient (Wildman–Crippen LogP) is 3.81. The van der Waals surface area contributed by atoms with Crippen molar-refractivity contribution in [2.75, 3.05) is 19.6 Å². The molecule has 9 nitrogen and oxygen atoms in total. The molecule has 3 rings (SSSR count). The van der Waals surface area contributed by atoms with Crippen LogP contribution in [0.3, 0.4) is 0 Å². The van der Waals surface area contributed by atoms with Gasteiger partial charge in [0, 0.05) is 31.1 Å². The molecule has 1 aromatic rings. The molecule has 0 radical (unpaired) electrons. The van der Waals surface area contributed by atoms with Gasteiger partial charge >= 0.3 is 12.2 Å². The van der Waals surface area contributed by atoms with Crippen molar-refractivity contribution in [2.45, 2.75) is 83.4 Å². The van der Waals surface area contributed by atoms with Crippen molar-refractivity contribution < 1.29 is 27.5 Å². The number of nitrogens with one attached hydrogen (secondary N) is 2. The molecule has 0 aromatic heterocycles. The summed E-state index contributed by atoms with van der Waals surface area (Å²) in [6.07, 6.45) is 0.0907. The molecule has 10 heteroatoms. The SMILES string of the molecule is Cc1ccc(S(=O)(=O)N2C[C@H]3C[C@@H]2CC3(CNC(=O)OC(C)(C)C)CNC(=O)OC(C)(C)C)cc1. The van der Waals surface area contributed by atoms with Crippen LogP contribution in [0.5, 0.6) is 0 Å². The van der Waals surface area contributed by atoms with Gasteiger partial charge in [0.2, 0.25) is 10.0 Å². The molecular weight excluding hydrogens is 470 g/mol. The van der Waals surface area contributed by atoms with Crippen molar-refractivity contribution in [1.29, 1.82) is 0 Å². The molecule has 1 aliphatic heterocycles. The number of aryl methyl sites for hydroxylation is 1. The highest BCUT2D eigenvalue weighted by Crippen LogP contribution is 2.51. The molecule has 2 aliphatic rings. The number of hydrogen-bond donors (Lipinski definition) is 2. The lowest BCUT2D eigenvalue weighted by Gasteiger charge is -2.41. The Morgan fingerprint density at radius 1 is 0.971 bits per heavy atom. The van der Waals surface area contributed by atoms with E-state index in [4.69, 9.17) is 9.47 Å². The minimum absolute atomic E-state index is 0.0439. The topological polar surface area (TPSA) is 114 Å². The molecule has 196 valence electrons. The number of benzene rings is 1. The average molecular weight is 510 g/mol. The van der Waals surface area contributed by atoms with Crippen molar-refractivity contribution >= 4 is 22.2 Å². The number of ether oxygens (including phenoxy) is 2. The number of sulfonamides is 1. The maximum Gasteiger partial charge on any atom is 0.407 e. The van der Waals surface area contributed by atoms with Gasteiger partial charge in [-0.2, -0.15) is 4.31 Å². The van der Waals surface area contributed by atoms with E-state index in [1.165, 1.54) is 0 Å². The van der Waals surface area contributed by atoms with E-state index in [9.17, 15) is 18.0 Å². The lowest BCUT2D eigenvalue weighted by molar-refractivity contribution is 0.0411. The fraction of sp³-hybridized carbons (Fsp3) is 0.680. The lowest BCUT2D eigenvalue weighted by atomic mass is 9.76. The fourth-order valence-electron chi connectivity index (χ4n) is 4.91. The van der Waals surface area contributed by atoms with Gasteiger partial charge in [0.05, 0.1) is 4.90 Å². The van der Waals surface area contributed by atoms with E-state index in [1.54, 1.807) is 70.1 Å². The summed E-state index contributed by atoms with van der Waals surface area (Å²) in [4.78, 5) is 25.0. The van der Waals surface area contributed by atoms with Gasteiger partial charge in [-0.05, 0) is 79.4 Å². The third-order valence-electron chi connectivity index (χ3n) is 6.47. The van der Waals surface area contributed by atoms with Crippen LogP contribution in [0, 0.1) is 18.3 Å². The van der Waals surface area contributed by atoms with Crippen molar-refractivity contribution in [2.24, 2.45) is 11.3 Å². The molecule has 1 aromatic carbocycles. The first-order chi connectivity index (χ1) is 16.0. The van der Waals surface area contributed by atoms with Crippen LogP contribution in [-0.4, -0.2) is 61.8 Å². The Labute approximate surface area is 209 Å². The number of alkyl carbamates (subject to hydrolysis) is 2. The Kier molecular flexibility index (Phi) is 7.49. The molecule has 2 amide bonds. The molecule has 1 saturated heterocycles. The highest BCUT2D eigenvalue weighted by molar-refractivity contribution is 7.89. The molecule has 35 heavy (non-hydrogen) atoms. The van der Waals surface area contributed by atoms with E-state index in [-0.39, 0.29) is 29.9 Å². The number of carbonyl (C=O) groups is 2. The second kappa shape index (κ2) is 9.61. The zero-order valence-corrected chi connectivity index (χ0v) is 22.6. The van der Waals surface area contributed by atoms with Gasteiger partial charge in [-0.25, -0.2) is 18.0 Å². The normalized spacial score (nSPS) is 22.0. The summed E-state index contributed by atoms with van der Waals surface area (Å²) in [5.74, 6) is -0.0439. The quantitative estimate of drug-likeness (QED) is 0.603. The minimum Gasteiger partial charge on any atom is -0.444 e. The van der Waals surface area contributed by atoms with Crippen LogP contribution in [0.25, 0.3) is 0 Å². The van der Waals surface area contributed by atoms with Crippen molar-refractivity contribution in [3.05, 3.63) is 29.8 Å². The maximum absolute atomic E-state index is 13.3. The summed E-state index contributed by atoms with van der Waals surface area (Å²) >= 11 is 0. The predicted molar refractivity (Wildman–Crippen MR) is 132 cm³/mol. The largest absolute Gasteiger partial charge is 0.444 e. The number of nitrogens with zero attached hydrogens (tertiary/aromatic N) is 1. The Morgan fingerprint density at radius 2 is 1.46 bits per heavy atom. The Balaban J connectivity index is 1.76. The van der Waals surface area contributed by atoms with Crippen molar-refractivity contribution in [1.82, 2.24) is 14.9 Å². The molecule has 2 atom stereocenters. The van der Waals surface area contributed by atoms with Crippen LogP contribution in [-0.2, 0) is 19.5 Å². The number of rotatable bonds is 6. The molecule has 1 heterocycles. The third kappa shape index (κ3) is 6.67. The number of fused-ring (bicyclic) bond motifs is 2. The van der Waals surface area contributed by atoms with Crippen LogP contribution in [0.15, 0.2) is 29.2 Å². The van der Waals surface area contributed by atoms with E-state index in [0.717, 1.165) is 5.56 Å². The zero-order chi connectivity index (χ0) is 26.2. The second-order valence-electron chi connectivity index (χ2n) is 11.8. The summed E-state index contributed by atoms with van der Waals surface area (Å²) < 4.78 is 39.0.